The number of anilines is 1. The maximum Gasteiger partial charge on any atom is 0.241 e. The molecule has 1 aromatic heterocycles. The topological polar surface area (TPSA) is 84.3 Å². The first-order chi connectivity index (χ1) is 14.2. The van der Waals surface area contributed by atoms with E-state index in [0.717, 1.165) is 27.6 Å². The van der Waals surface area contributed by atoms with E-state index in [4.69, 9.17) is 11.6 Å². The fourth-order valence-electron chi connectivity index (χ4n) is 3.06. The maximum absolute atomic E-state index is 12.5. The van der Waals surface area contributed by atoms with Crippen molar-refractivity contribution in [1.82, 2.24) is 14.9 Å². The molecule has 7 nitrogen and oxygen atoms in total. The average molecular weight is 447 g/mol. The van der Waals surface area contributed by atoms with Gasteiger partial charge in [0.2, 0.25) is 15.9 Å². The number of nitrogens with one attached hydrogen (secondary N) is 1. The summed E-state index contributed by atoms with van der Waals surface area (Å²) in [6.07, 6.45) is 4.68. The molecule has 0 unspecified atom stereocenters. The second kappa shape index (κ2) is 8.89. The van der Waals surface area contributed by atoms with Gasteiger partial charge in [-0.05, 0) is 49.2 Å². The fourth-order valence-corrected chi connectivity index (χ4v) is 4.14. The smallest absolute Gasteiger partial charge is 0.241 e. The molecule has 0 aliphatic carbocycles. The third-order valence-electron chi connectivity index (χ3n) is 4.73. The second-order valence-corrected chi connectivity index (χ2v) is 9.26. The summed E-state index contributed by atoms with van der Waals surface area (Å²) in [6, 6.07) is 12.7. The largest absolute Gasteiger partial charge is 0.350 e. The Morgan fingerprint density at radius 2 is 1.87 bits per heavy atom. The number of rotatable bonds is 7. The van der Waals surface area contributed by atoms with Crippen LogP contribution < -0.4 is 9.62 Å². The first kappa shape index (κ1) is 21.9. The lowest BCUT2D eigenvalue weighted by atomic mass is 10.2. The molecule has 0 spiro atoms. The highest BCUT2D eigenvalue weighted by Crippen LogP contribution is 2.28. The van der Waals surface area contributed by atoms with Crippen LogP contribution in [-0.4, -0.2) is 36.7 Å². The number of amides is 1. The molecule has 3 rings (SSSR count). The molecule has 30 heavy (non-hydrogen) atoms. The second-order valence-electron chi connectivity index (χ2n) is 6.94. The number of hydrogen-bond donors (Lipinski definition) is 1. The van der Waals surface area contributed by atoms with Gasteiger partial charge in [0.1, 0.15) is 12.4 Å². The quantitative estimate of drug-likeness (QED) is 0.603. The molecule has 0 saturated carbocycles. The van der Waals surface area contributed by atoms with Crippen molar-refractivity contribution >= 4 is 33.2 Å². The molecule has 1 heterocycles. The lowest BCUT2D eigenvalue weighted by Gasteiger charge is -2.24. The number of hydrogen-bond acceptors (Lipinski definition) is 4. The Kier molecular flexibility index (Phi) is 6.48. The molecular formula is C21H23ClN4O3S. The zero-order chi connectivity index (χ0) is 21.9. The van der Waals surface area contributed by atoms with Gasteiger partial charge in [-0.25, -0.2) is 13.4 Å². The van der Waals surface area contributed by atoms with Crippen LogP contribution in [0.3, 0.4) is 0 Å². The van der Waals surface area contributed by atoms with Gasteiger partial charge in [0.15, 0.2) is 0 Å². The third kappa shape index (κ3) is 5.01. The van der Waals surface area contributed by atoms with Crippen LogP contribution in [0.25, 0.3) is 5.69 Å². The summed E-state index contributed by atoms with van der Waals surface area (Å²) in [4.78, 5) is 16.7. The summed E-state index contributed by atoms with van der Waals surface area (Å²) in [5.41, 5.74) is 2.86. The Hall–Kier alpha value is -2.84. The lowest BCUT2D eigenvalue weighted by Crippen LogP contribution is -2.40. The molecule has 0 fully saturated rings. The van der Waals surface area contributed by atoms with Crippen LogP contribution in [0.2, 0.25) is 5.02 Å². The normalized spacial score (nSPS) is 11.3. The van der Waals surface area contributed by atoms with Gasteiger partial charge in [0.05, 0.1) is 11.9 Å². The number of nitrogens with zero attached hydrogens (tertiary/aromatic N) is 3. The Morgan fingerprint density at radius 1 is 1.17 bits per heavy atom. The van der Waals surface area contributed by atoms with Gasteiger partial charge >= 0.3 is 0 Å². The van der Waals surface area contributed by atoms with Gasteiger partial charge in [0.25, 0.3) is 0 Å². The molecule has 0 atom stereocenters. The van der Waals surface area contributed by atoms with E-state index in [-0.39, 0.29) is 13.1 Å². The molecule has 0 radical (unpaired) electrons. The van der Waals surface area contributed by atoms with Gasteiger partial charge in [0, 0.05) is 29.6 Å². The monoisotopic (exact) mass is 446 g/mol. The highest BCUT2D eigenvalue weighted by molar-refractivity contribution is 7.92. The Bertz CT molecular complexity index is 1160. The minimum Gasteiger partial charge on any atom is -0.350 e. The molecule has 1 N–H and O–H groups in total. The van der Waals surface area contributed by atoms with Crippen molar-refractivity contribution in [3.8, 4) is 5.69 Å². The minimum atomic E-state index is -3.66. The van der Waals surface area contributed by atoms with Crippen LogP contribution >= 0.6 is 11.6 Å². The zero-order valence-electron chi connectivity index (χ0n) is 17.0. The van der Waals surface area contributed by atoms with Crippen molar-refractivity contribution in [3.63, 3.8) is 0 Å². The molecule has 0 aliphatic heterocycles. The van der Waals surface area contributed by atoms with E-state index >= 15 is 0 Å². The molecule has 2 aromatic carbocycles. The molecule has 0 saturated heterocycles. The number of aromatic nitrogens is 2. The Balaban J connectivity index is 1.68. The zero-order valence-corrected chi connectivity index (χ0v) is 18.5. The van der Waals surface area contributed by atoms with Gasteiger partial charge in [-0.2, -0.15) is 0 Å². The lowest BCUT2D eigenvalue weighted by molar-refractivity contribution is -0.119. The molecular weight excluding hydrogens is 424 g/mol. The number of aryl methyl sites for hydroxylation is 1. The SMILES string of the molecule is Cc1c(Cl)cccc1N(CC(=O)NCc1ccc(-n2ccnc2C)cc1)S(C)(=O)=O. The van der Waals surface area contributed by atoms with Crippen molar-refractivity contribution in [1.29, 1.82) is 0 Å². The number of benzene rings is 2. The molecule has 1 amide bonds. The van der Waals surface area contributed by atoms with E-state index in [1.807, 2.05) is 42.0 Å². The van der Waals surface area contributed by atoms with E-state index in [0.29, 0.717) is 16.3 Å². The predicted octanol–water partition coefficient (Wildman–Crippen LogP) is 3.22. The van der Waals surface area contributed by atoms with Crippen molar-refractivity contribution < 1.29 is 13.2 Å². The van der Waals surface area contributed by atoms with E-state index in [2.05, 4.69) is 10.3 Å². The van der Waals surface area contributed by atoms with Crippen LogP contribution in [0, 0.1) is 13.8 Å². The maximum atomic E-state index is 12.5. The molecule has 9 heteroatoms. The number of carbonyl (C=O) groups excluding carboxylic acids is 1. The van der Waals surface area contributed by atoms with Crippen LogP contribution in [0.4, 0.5) is 5.69 Å². The first-order valence-electron chi connectivity index (χ1n) is 9.25. The van der Waals surface area contributed by atoms with Gasteiger partial charge in [-0.1, -0.05) is 29.8 Å². The predicted molar refractivity (Wildman–Crippen MR) is 119 cm³/mol. The molecule has 0 aliphatic rings. The van der Waals surface area contributed by atoms with E-state index in [1.165, 1.54) is 0 Å². The van der Waals surface area contributed by atoms with Crippen LogP contribution in [0.5, 0.6) is 0 Å². The van der Waals surface area contributed by atoms with Gasteiger partial charge < -0.3 is 9.88 Å². The standard InChI is InChI=1S/C21H23ClN4O3S/c1-15-19(22)5-4-6-20(15)26(30(3,28)29)14-21(27)24-13-17-7-9-18(10-8-17)25-12-11-23-16(25)2/h4-12H,13-14H2,1-3H3,(H,24,27). The summed E-state index contributed by atoms with van der Waals surface area (Å²) >= 11 is 6.12. The first-order valence-corrected chi connectivity index (χ1v) is 11.5. The summed E-state index contributed by atoms with van der Waals surface area (Å²) < 4.78 is 27.6. The Labute approximate surface area is 181 Å². The molecule has 3 aromatic rings. The van der Waals surface area contributed by atoms with E-state index < -0.39 is 15.9 Å². The number of carbonyl (C=O) groups is 1. The van der Waals surface area contributed by atoms with E-state index in [9.17, 15) is 13.2 Å². The summed E-state index contributed by atoms with van der Waals surface area (Å²) in [5, 5.41) is 3.21. The third-order valence-corrected chi connectivity index (χ3v) is 6.26. The average Bonchev–Trinajstić information content (AvgIpc) is 3.12. The number of halogens is 1. The highest BCUT2D eigenvalue weighted by atomic mass is 35.5. The summed E-state index contributed by atoms with van der Waals surface area (Å²) in [6.45, 7) is 3.60. The van der Waals surface area contributed by atoms with Crippen molar-refractivity contribution in [2.75, 3.05) is 17.1 Å². The summed E-state index contributed by atoms with van der Waals surface area (Å²) in [7, 11) is -3.66. The van der Waals surface area contributed by atoms with Crippen molar-refractivity contribution in [2.45, 2.75) is 20.4 Å². The van der Waals surface area contributed by atoms with Crippen molar-refractivity contribution in [2.24, 2.45) is 0 Å². The minimum absolute atomic E-state index is 0.286. The number of sulfonamides is 1. The highest BCUT2D eigenvalue weighted by Gasteiger charge is 2.23. The van der Waals surface area contributed by atoms with Crippen molar-refractivity contribution in [3.05, 3.63) is 76.8 Å². The fraction of sp³-hybridized carbons (Fsp3) is 0.238. The van der Waals surface area contributed by atoms with E-state index in [1.54, 1.807) is 31.3 Å². The number of imidazole rings is 1. The van der Waals surface area contributed by atoms with Crippen LogP contribution in [0.15, 0.2) is 54.9 Å². The van der Waals surface area contributed by atoms with Gasteiger partial charge in [-0.3, -0.25) is 9.10 Å². The van der Waals surface area contributed by atoms with Gasteiger partial charge in [-0.15, -0.1) is 0 Å². The Morgan fingerprint density at radius 3 is 2.47 bits per heavy atom. The van der Waals surface area contributed by atoms with Crippen LogP contribution in [0.1, 0.15) is 17.0 Å². The molecule has 0 bridgehead atoms. The molecule has 158 valence electrons. The summed E-state index contributed by atoms with van der Waals surface area (Å²) in [5.74, 6) is 0.475. The van der Waals surface area contributed by atoms with Crippen LogP contribution in [-0.2, 0) is 21.4 Å².